The van der Waals surface area contributed by atoms with E-state index < -0.39 is 6.10 Å². The molecule has 0 N–H and O–H groups in total. The lowest BCUT2D eigenvalue weighted by Crippen LogP contribution is -2.30. The number of esters is 3. The van der Waals surface area contributed by atoms with Crippen LogP contribution in [0.25, 0.3) is 0 Å². The molecule has 0 aromatic carbocycles. The van der Waals surface area contributed by atoms with Crippen molar-refractivity contribution in [2.45, 2.75) is 271 Å². The molecule has 0 amide bonds. The van der Waals surface area contributed by atoms with Gasteiger partial charge in [0.05, 0.1) is 0 Å². The predicted octanol–water partition coefficient (Wildman–Crippen LogP) is 19.3. The van der Waals surface area contributed by atoms with Gasteiger partial charge in [-0.1, -0.05) is 279 Å². The van der Waals surface area contributed by atoms with Crippen molar-refractivity contribution in [1.29, 1.82) is 0 Å². The second kappa shape index (κ2) is 56.9. The fourth-order valence-corrected chi connectivity index (χ4v) is 7.95. The number of rotatable bonds is 51. The quantitative estimate of drug-likeness (QED) is 0.0199. The van der Waals surface area contributed by atoms with E-state index in [0.29, 0.717) is 19.3 Å². The summed E-state index contributed by atoms with van der Waals surface area (Å²) in [6.45, 7) is 6.46. The molecule has 0 fully saturated rings. The largest absolute Gasteiger partial charge is 0.462 e. The van der Waals surface area contributed by atoms with Gasteiger partial charge in [-0.3, -0.25) is 14.4 Å². The monoisotopic (exact) mass is 959 g/mol. The van der Waals surface area contributed by atoms with Crippen molar-refractivity contribution in [2.75, 3.05) is 13.2 Å². The summed E-state index contributed by atoms with van der Waals surface area (Å²) >= 11 is 0. The first-order chi connectivity index (χ1) is 34.0. The topological polar surface area (TPSA) is 78.9 Å². The summed E-state index contributed by atoms with van der Waals surface area (Å²) in [6, 6.07) is 0. The van der Waals surface area contributed by atoms with Gasteiger partial charge in [-0.05, 0) is 64.2 Å². The van der Waals surface area contributed by atoms with Crippen LogP contribution < -0.4 is 0 Å². The van der Waals surface area contributed by atoms with E-state index in [1.165, 1.54) is 154 Å². The minimum Gasteiger partial charge on any atom is -0.462 e. The average molecular weight is 960 g/mol. The fraction of sp³-hybridized carbons (Fsp3) is 0.698. The van der Waals surface area contributed by atoms with Crippen molar-refractivity contribution in [3.8, 4) is 0 Å². The normalized spacial score (nSPS) is 12.8. The van der Waals surface area contributed by atoms with Gasteiger partial charge in [0.2, 0.25) is 0 Å². The van der Waals surface area contributed by atoms with Crippen LogP contribution in [0.2, 0.25) is 0 Å². The number of allylic oxidation sites excluding steroid dienone is 16. The summed E-state index contributed by atoms with van der Waals surface area (Å²) in [5.74, 6) is -0.938. The third kappa shape index (κ3) is 55.1. The summed E-state index contributed by atoms with van der Waals surface area (Å²) in [5.41, 5.74) is 0. The van der Waals surface area contributed by atoms with Crippen molar-refractivity contribution >= 4 is 17.9 Å². The zero-order valence-corrected chi connectivity index (χ0v) is 45.0. The van der Waals surface area contributed by atoms with Gasteiger partial charge in [0, 0.05) is 19.3 Å². The van der Waals surface area contributed by atoms with E-state index in [1.54, 1.807) is 0 Å². The molecular weight excluding hydrogens is 853 g/mol. The first kappa shape index (κ1) is 65.3. The van der Waals surface area contributed by atoms with Crippen LogP contribution >= 0.6 is 0 Å². The molecule has 6 heteroatoms. The zero-order valence-electron chi connectivity index (χ0n) is 45.0. The van der Waals surface area contributed by atoms with Gasteiger partial charge in [0.1, 0.15) is 13.2 Å². The predicted molar refractivity (Wildman–Crippen MR) is 297 cm³/mol. The Bertz CT molecular complexity index is 1380. The van der Waals surface area contributed by atoms with Gasteiger partial charge in [0.25, 0.3) is 0 Å². The van der Waals surface area contributed by atoms with Crippen molar-refractivity contribution in [3.63, 3.8) is 0 Å². The lowest BCUT2D eigenvalue weighted by Gasteiger charge is -2.18. The van der Waals surface area contributed by atoms with Crippen molar-refractivity contribution in [3.05, 3.63) is 97.2 Å². The van der Waals surface area contributed by atoms with Crippen molar-refractivity contribution in [2.24, 2.45) is 0 Å². The van der Waals surface area contributed by atoms with Crippen LogP contribution in [0, 0.1) is 0 Å². The maximum absolute atomic E-state index is 12.9. The minimum atomic E-state index is -0.798. The minimum absolute atomic E-state index is 0.0927. The van der Waals surface area contributed by atoms with Crippen LogP contribution in [-0.4, -0.2) is 37.2 Å². The first-order valence-corrected chi connectivity index (χ1v) is 28.8. The fourth-order valence-electron chi connectivity index (χ4n) is 7.95. The SMILES string of the molecule is CC\C=C/C=C\C=C/C=C\C=C\C=C/C=C\CCCCCC(=O)OCC(COC(=O)CCCCCCCCCCCCCCC)OC(=O)CCCCCCCCC/C=C\CCCCCCCCCC. The third-order valence-corrected chi connectivity index (χ3v) is 12.3. The standard InChI is InChI=1S/C63H106O6/c1-4-7-10-13-16-19-22-25-27-29-31-33-35-38-41-44-47-50-53-56-62(65)68-59-60(58-67-61(64)55-52-49-46-43-40-37-24-21-18-15-12-9-6-3)69-63(66)57-54-51-48-45-42-39-36-34-32-30-28-26-23-20-17-14-11-8-5-2/h7,10,13,16,19,22,25,27,29-33,35,38,41,60H,4-6,8-9,11-12,14-15,17-18,20-21,23-24,26,28,34,36-37,39-40,42-59H2,1-3H3/b10-7-,16-13-,22-19-,27-25-,31-29+,32-30-,35-33-,41-38-. The lowest BCUT2D eigenvalue weighted by molar-refractivity contribution is -0.167. The maximum atomic E-state index is 12.9. The molecule has 0 heterocycles. The summed E-state index contributed by atoms with van der Waals surface area (Å²) in [5, 5.41) is 0. The van der Waals surface area contributed by atoms with E-state index >= 15 is 0 Å². The molecule has 0 spiro atoms. The van der Waals surface area contributed by atoms with E-state index in [1.807, 2.05) is 72.9 Å². The van der Waals surface area contributed by atoms with Gasteiger partial charge in [-0.25, -0.2) is 0 Å². The van der Waals surface area contributed by atoms with Gasteiger partial charge in [-0.2, -0.15) is 0 Å². The second-order valence-corrected chi connectivity index (χ2v) is 19.0. The highest BCUT2D eigenvalue weighted by Gasteiger charge is 2.19. The summed E-state index contributed by atoms with van der Waals surface area (Å²) < 4.78 is 16.8. The Balaban J connectivity index is 4.47. The average Bonchev–Trinajstić information content (AvgIpc) is 3.35. The van der Waals surface area contributed by atoms with Crippen LogP contribution in [0.1, 0.15) is 265 Å². The third-order valence-electron chi connectivity index (χ3n) is 12.3. The van der Waals surface area contributed by atoms with Crippen LogP contribution in [0.5, 0.6) is 0 Å². The molecular formula is C63H106O6. The molecule has 0 aliphatic rings. The molecule has 0 aliphatic carbocycles. The highest BCUT2D eigenvalue weighted by atomic mass is 16.6. The highest BCUT2D eigenvalue weighted by molar-refractivity contribution is 5.71. The molecule has 0 aliphatic heterocycles. The highest BCUT2D eigenvalue weighted by Crippen LogP contribution is 2.16. The number of ether oxygens (including phenoxy) is 3. The van der Waals surface area contributed by atoms with Gasteiger partial charge in [-0.15, -0.1) is 0 Å². The first-order valence-electron chi connectivity index (χ1n) is 28.8. The Morgan fingerprint density at radius 1 is 0.304 bits per heavy atom. The Kier molecular flexibility index (Phi) is 53.9. The maximum Gasteiger partial charge on any atom is 0.306 e. The molecule has 1 atom stereocenters. The number of hydrogen-bond donors (Lipinski definition) is 0. The second-order valence-electron chi connectivity index (χ2n) is 19.0. The van der Waals surface area contributed by atoms with Crippen LogP contribution in [0.3, 0.4) is 0 Å². The molecule has 0 saturated carbocycles. The van der Waals surface area contributed by atoms with Crippen LogP contribution in [0.15, 0.2) is 97.2 Å². The van der Waals surface area contributed by atoms with Crippen molar-refractivity contribution < 1.29 is 28.6 Å². The molecule has 69 heavy (non-hydrogen) atoms. The number of carbonyl (C=O) groups is 3. The van der Waals surface area contributed by atoms with E-state index in [2.05, 4.69) is 45.1 Å². The van der Waals surface area contributed by atoms with E-state index in [9.17, 15) is 14.4 Å². The van der Waals surface area contributed by atoms with Crippen molar-refractivity contribution in [1.82, 2.24) is 0 Å². The Morgan fingerprint density at radius 3 is 0.942 bits per heavy atom. The molecule has 394 valence electrons. The van der Waals surface area contributed by atoms with Crippen LogP contribution in [-0.2, 0) is 28.6 Å². The number of carbonyl (C=O) groups excluding carboxylic acids is 3. The zero-order chi connectivity index (χ0) is 50.0. The molecule has 1 unspecified atom stereocenters. The molecule has 0 aromatic rings. The van der Waals surface area contributed by atoms with E-state index in [0.717, 1.165) is 70.6 Å². The van der Waals surface area contributed by atoms with Gasteiger partial charge in [0.15, 0.2) is 6.10 Å². The lowest BCUT2D eigenvalue weighted by atomic mass is 10.0. The summed E-state index contributed by atoms with van der Waals surface area (Å²) in [7, 11) is 0. The Morgan fingerprint density at radius 2 is 0.580 bits per heavy atom. The number of unbranched alkanes of at least 4 members (excludes halogenated alkanes) is 30. The molecule has 0 rings (SSSR count). The Hall–Kier alpha value is -3.67. The molecule has 0 radical (unpaired) electrons. The van der Waals surface area contributed by atoms with Gasteiger partial charge < -0.3 is 14.2 Å². The number of hydrogen-bond acceptors (Lipinski definition) is 6. The summed E-state index contributed by atoms with van der Waals surface area (Å²) in [4.78, 5) is 38.1. The smallest absolute Gasteiger partial charge is 0.306 e. The van der Waals surface area contributed by atoms with Crippen LogP contribution in [0.4, 0.5) is 0 Å². The van der Waals surface area contributed by atoms with E-state index in [4.69, 9.17) is 14.2 Å². The van der Waals surface area contributed by atoms with Gasteiger partial charge >= 0.3 is 17.9 Å². The molecule has 0 saturated heterocycles. The molecule has 0 aromatic heterocycles. The molecule has 6 nitrogen and oxygen atoms in total. The summed E-state index contributed by atoms with van der Waals surface area (Å²) in [6.07, 6.45) is 75.3. The van der Waals surface area contributed by atoms with E-state index in [-0.39, 0.29) is 31.1 Å². The Labute approximate surface area is 426 Å². The molecule has 0 bridgehead atoms.